The molecule has 1 saturated carbocycles. The Balaban J connectivity index is 1.71. The minimum atomic E-state index is -0.622. The van der Waals surface area contributed by atoms with E-state index in [1.165, 1.54) is 25.7 Å². The van der Waals surface area contributed by atoms with Crippen LogP contribution in [0.4, 0.5) is 11.4 Å². The summed E-state index contributed by atoms with van der Waals surface area (Å²) in [6.45, 7) is 8.22. The van der Waals surface area contributed by atoms with Crippen LogP contribution in [-0.2, 0) is 9.59 Å². The van der Waals surface area contributed by atoms with Gasteiger partial charge in [0.2, 0.25) is 11.8 Å². The van der Waals surface area contributed by atoms with Crippen LogP contribution in [0, 0.1) is 5.41 Å². The molecule has 0 aromatic heterocycles. The molecule has 1 fully saturated rings. The van der Waals surface area contributed by atoms with E-state index in [1.807, 2.05) is 26.0 Å². The zero-order chi connectivity index (χ0) is 19.4. The monoisotopic (exact) mass is 388 g/mol. The summed E-state index contributed by atoms with van der Waals surface area (Å²) in [7, 11) is 0. The first kappa shape index (κ1) is 19.8. The fourth-order valence-electron chi connectivity index (χ4n) is 3.48. The number of hydrogen-bond acceptors (Lipinski definition) is 4. The number of fused-ring (bicyclic) bond motifs is 1. The Hall–Kier alpha value is -1.95. The van der Waals surface area contributed by atoms with Crippen molar-refractivity contribution in [2.75, 3.05) is 29.1 Å². The number of carbonyl (C=O) groups is 2. The third kappa shape index (κ3) is 4.67. The molecule has 1 aromatic carbocycles. The summed E-state index contributed by atoms with van der Waals surface area (Å²) in [6.07, 6.45) is 6.69. The Morgan fingerprint density at radius 2 is 2.15 bits per heavy atom. The molecule has 1 heterocycles. The Morgan fingerprint density at radius 1 is 1.41 bits per heavy atom. The third-order valence-electron chi connectivity index (χ3n) is 5.01. The van der Waals surface area contributed by atoms with E-state index in [0.717, 1.165) is 0 Å². The molecule has 1 N–H and O–H groups in total. The molecule has 146 valence electrons. The van der Waals surface area contributed by atoms with Crippen LogP contribution < -0.4 is 15.0 Å². The molecule has 0 atom stereocenters. The van der Waals surface area contributed by atoms with Crippen molar-refractivity contribution in [1.29, 1.82) is 0 Å². The zero-order valence-corrected chi connectivity index (χ0v) is 16.9. The second-order valence-corrected chi connectivity index (χ2v) is 9.11. The quantitative estimate of drug-likeness (QED) is 0.741. The predicted octanol–water partition coefficient (Wildman–Crippen LogP) is 4.24. The van der Waals surface area contributed by atoms with E-state index in [-0.39, 0.29) is 11.8 Å². The maximum Gasteiger partial charge on any atom is 0.236 e. The summed E-state index contributed by atoms with van der Waals surface area (Å²) in [5.41, 5.74) is 0.781. The van der Waals surface area contributed by atoms with Crippen LogP contribution in [0.1, 0.15) is 39.5 Å². The van der Waals surface area contributed by atoms with Crippen molar-refractivity contribution in [2.45, 2.75) is 44.8 Å². The number of rotatable bonds is 6. The Kier molecular flexibility index (Phi) is 6.15. The molecule has 0 spiro atoms. The Labute approximate surface area is 165 Å². The highest BCUT2D eigenvalue weighted by molar-refractivity contribution is 8.00. The van der Waals surface area contributed by atoms with Gasteiger partial charge in [0.05, 0.1) is 16.9 Å². The minimum absolute atomic E-state index is 0.000161. The van der Waals surface area contributed by atoms with Gasteiger partial charge in [0.15, 0.2) is 0 Å². The van der Waals surface area contributed by atoms with Gasteiger partial charge in [0, 0.05) is 23.5 Å². The van der Waals surface area contributed by atoms with Crippen molar-refractivity contribution in [3.8, 4) is 5.75 Å². The molecule has 2 amide bonds. The summed E-state index contributed by atoms with van der Waals surface area (Å²) in [5, 5.41) is 3.57. The maximum atomic E-state index is 12.8. The highest BCUT2D eigenvalue weighted by atomic mass is 32.2. The van der Waals surface area contributed by atoms with E-state index in [4.69, 9.17) is 4.74 Å². The highest BCUT2D eigenvalue weighted by Crippen LogP contribution is 2.38. The van der Waals surface area contributed by atoms with E-state index >= 15 is 0 Å². The number of benzene rings is 1. The molecule has 27 heavy (non-hydrogen) atoms. The molecule has 3 rings (SSSR count). The normalized spacial score (nSPS) is 19.2. The summed E-state index contributed by atoms with van der Waals surface area (Å²) >= 11 is 1.74. The number of nitrogens with zero attached hydrogens (tertiary/aromatic N) is 1. The lowest BCUT2D eigenvalue weighted by atomic mass is 9.93. The van der Waals surface area contributed by atoms with Gasteiger partial charge in [-0.25, -0.2) is 0 Å². The van der Waals surface area contributed by atoms with Gasteiger partial charge in [0.25, 0.3) is 0 Å². The first-order valence-electron chi connectivity index (χ1n) is 9.52. The van der Waals surface area contributed by atoms with Gasteiger partial charge >= 0.3 is 0 Å². The topological polar surface area (TPSA) is 58.6 Å². The molecule has 0 bridgehead atoms. The first-order chi connectivity index (χ1) is 12.9. The standard InChI is InChI=1S/C21H28N2O3S/c1-4-11-23-17-10-9-15(12-18(17)26-14-21(2,3)20(23)25)22-19(24)13-27-16-7-5-6-8-16/h4,9-10,12,16H,1,5-8,11,13-14H2,2-3H3,(H,22,24). The predicted molar refractivity (Wildman–Crippen MR) is 112 cm³/mol. The molecule has 2 aliphatic rings. The van der Waals surface area contributed by atoms with Crippen LogP contribution in [0.3, 0.4) is 0 Å². The second-order valence-electron chi connectivity index (χ2n) is 7.83. The molecule has 5 nitrogen and oxygen atoms in total. The number of anilines is 2. The molecular weight excluding hydrogens is 360 g/mol. The SMILES string of the molecule is C=CCN1C(=O)C(C)(C)COc2cc(NC(=O)CSC3CCCC3)ccc21. The van der Waals surface area contributed by atoms with Gasteiger partial charge < -0.3 is 15.0 Å². The van der Waals surface area contributed by atoms with Crippen LogP contribution in [0.25, 0.3) is 0 Å². The summed E-state index contributed by atoms with van der Waals surface area (Å²) in [5.74, 6) is 1.08. The fourth-order valence-corrected chi connectivity index (χ4v) is 4.61. The largest absolute Gasteiger partial charge is 0.490 e. The number of ether oxygens (including phenoxy) is 1. The molecule has 6 heteroatoms. The molecule has 0 unspecified atom stereocenters. The van der Waals surface area contributed by atoms with Crippen LogP contribution in [0.15, 0.2) is 30.9 Å². The van der Waals surface area contributed by atoms with E-state index in [2.05, 4.69) is 11.9 Å². The van der Waals surface area contributed by atoms with Gasteiger partial charge in [-0.3, -0.25) is 9.59 Å². The first-order valence-corrected chi connectivity index (χ1v) is 10.6. The van der Waals surface area contributed by atoms with Gasteiger partial charge in [-0.2, -0.15) is 0 Å². The molecule has 1 aliphatic heterocycles. The second kappa shape index (κ2) is 8.38. The van der Waals surface area contributed by atoms with Crippen molar-refractivity contribution >= 4 is 35.0 Å². The van der Waals surface area contributed by atoms with Crippen molar-refractivity contribution in [3.05, 3.63) is 30.9 Å². The van der Waals surface area contributed by atoms with Crippen LogP contribution in [0.5, 0.6) is 5.75 Å². The summed E-state index contributed by atoms with van der Waals surface area (Å²) in [6, 6.07) is 5.46. The summed E-state index contributed by atoms with van der Waals surface area (Å²) < 4.78 is 5.92. The number of amides is 2. The lowest BCUT2D eigenvalue weighted by Crippen LogP contribution is -2.42. The van der Waals surface area contributed by atoms with Crippen molar-refractivity contribution in [3.63, 3.8) is 0 Å². The zero-order valence-electron chi connectivity index (χ0n) is 16.1. The van der Waals surface area contributed by atoms with Gasteiger partial charge in [-0.05, 0) is 38.8 Å². The number of carbonyl (C=O) groups excluding carboxylic acids is 2. The molecule has 1 aromatic rings. The Bertz CT molecular complexity index is 726. The molecule has 0 radical (unpaired) electrons. The lowest BCUT2D eigenvalue weighted by molar-refractivity contribution is -0.127. The van der Waals surface area contributed by atoms with E-state index in [1.54, 1.807) is 28.8 Å². The minimum Gasteiger partial charge on any atom is -0.490 e. The van der Waals surface area contributed by atoms with Gasteiger partial charge in [-0.1, -0.05) is 18.9 Å². The van der Waals surface area contributed by atoms with E-state index < -0.39 is 5.41 Å². The van der Waals surface area contributed by atoms with Crippen molar-refractivity contribution in [1.82, 2.24) is 0 Å². The van der Waals surface area contributed by atoms with Crippen LogP contribution >= 0.6 is 11.8 Å². The average Bonchev–Trinajstić information content (AvgIpc) is 3.13. The number of thioether (sulfide) groups is 1. The third-order valence-corrected chi connectivity index (χ3v) is 6.38. The summed E-state index contributed by atoms with van der Waals surface area (Å²) in [4.78, 5) is 26.8. The molecular formula is C21H28N2O3S. The van der Waals surface area contributed by atoms with Gasteiger partial charge in [0.1, 0.15) is 12.4 Å². The van der Waals surface area contributed by atoms with E-state index in [9.17, 15) is 9.59 Å². The highest BCUT2D eigenvalue weighted by Gasteiger charge is 2.37. The number of nitrogens with one attached hydrogen (secondary N) is 1. The van der Waals surface area contributed by atoms with Crippen molar-refractivity contribution < 1.29 is 14.3 Å². The van der Waals surface area contributed by atoms with E-state index in [0.29, 0.717) is 41.3 Å². The average molecular weight is 389 g/mol. The van der Waals surface area contributed by atoms with Gasteiger partial charge in [-0.15, -0.1) is 18.3 Å². The number of hydrogen-bond donors (Lipinski definition) is 1. The molecule has 1 aliphatic carbocycles. The Morgan fingerprint density at radius 3 is 2.85 bits per heavy atom. The maximum absolute atomic E-state index is 12.8. The fraction of sp³-hybridized carbons (Fsp3) is 0.524. The smallest absolute Gasteiger partial charge is 0.236 e. The molecule has 0 saturated heterocycles. The van der Waals surface area contributed by atoms with Crippen LogP contribution in [-0.4, -0.2) is 36.0 Å². The lowest BCUT2D eigenvalue weighted by Gasteiger charge is -2.27. The van der Waals surface area contributed by atoms with Crippen LogP contribution in [0.2, 0.25) is 0 Å². The van der Waals surface area contributed by atoms with Crippen molar-refractivity contribution in [2.24, 2.45) is 5.41 Å².